The van der Waals surface area contributed by atoms with Crippen molar-refractivity contribution in [3.05, 3.63) is 65.4 Å². The molecule has 1 aliphatic rings. The zero-order valence-electron chi connectivity index (χ0n) is 15.6. The maximum atomic E-state index is 12.3. The molecule has 0 aliphatic carbocycles. The molecule has 0 saturated heterocycles. The molecule has 0 amide bonds. The lowest BCUT2D eigenvalue weighted by atomic mass is 10.0. The van der Waals surface area contributed by atoms with Crippen LogP contribution in [0.25, 0.3) is 10.9 Å². The van der Waals surface area contributed by atoms with Gasteiger partial charge in [0.2, 0.25) is 0 Å². The molecule has 0 spiro atoms. The van der Waals surface area contributed by atoms with E-state index in [1.54, 1.807) is 18.3 Å². The van der Waals surface area contributed by atoms with Gasteiger partial charge >= 0.3 is 0 Å². The molecule has 142 valence electrons. The molecule has 0 saturated carbocycles. The van der Waals surface area contributed by atoms with Crippen LogP contribution in [0.15, 0.2) is 53.6 Å². The van der Waals surface area contributed by atoms with Crippen LogP contribution in [0.4, 0.5) is 5.69 Å². The van der Waals surface area contributed by atoms with E-state index in [1.807, 2.05) is 18.2 Å². The maximum absolute atomic E-state index is 12.3. The molecular formula is C22H21N3O2S. The normalized spacial score (nSPS) is 15.7. The van der Waals surface area contributed by atoms with Crippen molar-refractivity contribution in [3.63, 3.8) is 0 Å². The minimum absolute atomic E-state index is 0.112. The van der Waals surface area contributed by atoms with Gasteiger partial charge in [-0.05, 0) is 49.4 Å². The summed E-state index contributed by atoms with van der Waals surface area (Å²) < 4.78 is 24.7. The highest BCUT2D eigenvalue weighted by molar-refractivity contribution is 7.91. The van der Waals surface area contributed by atoms with Crippen molar-refractivity contribution in [2.75, 3.05) is 11.1 Å². The second-order valence-corrected chi connectivity index (χ2v) is 9.31. The highest BCUT2D eigenvalue weighted by atomic mass is 32.2. The topological polar surface area (TPSA) is 82.8 Å². The van der Waals surface area contributed by atoms with Gasteiger partial charge in [0.15, 0.2) is 9.84 Å². The summed E-state index contributed by atoms with van der Waals surface area (Å²) in [6.07, 6.45) is 3.83. The smallest absolute Gasteiger partial charge is 0.179 e. The van der Waals surface area contributed by atoms with E-state index in [-0.39, 0.29) is 11.8 Å². The average Bonchev–Trinajstić information content (AvgIpc) is 3.02. The lowest BCUT2D eigenvalue weighted by Crippen LogP contribution is -2.17. The minimum Gasteiger partial charge on any atom is -0.381 e. The molecule has 3 aromatic rings. The summed E-state index contributed by atoms with van der Waals surface area (Å²) in [6.45, 7) is 2.08. The van der Waals surface area contributed by atoms with Gasteiger partial charge in [0.1, 0.15) is 6.07 Å². The van der Waals surface area contributed by atoms with Crippen LogP contribution < -0.4 is 5.32 Å². The monoisotopic (exact) mass is 391 g/mol. The minimum atomic E-state index is -3.25. The third-order valence-corrected chi connectivity index (χ3v) is 7.07. The number of benzene rings is 2. The zero-order valence-corrected chi connectivity index (χ0v) is 16.5. The first-order chi connectivity index (χ1) is 13.5. The third kappa shape index (κ3) is 3.34. The van der Waals surface area contributed by atoms with Gasteiger partial charge in [-0.2, -0.15) is 5.26 Å². The van der Waals surface area contributed by atoms with Crippen LogP contribution in [0, 0.1) is 11.3 Å². The summed E-state index contributed by atoms with van der Waals surface area (Å²) in [5.41, 5.74) is 3.90. The molecule has 2 heterocycles. The maximum Gasteiger partial charge on any atom is 0.179 e. The van der Waals surface area contributed by atoms with Crippen LogP contribution in [-0.2, 0) is 22.7 Å². The lowest BCUT2D eigenvalue weighted by Gasteiger charge is -2.19. The fourth-order valence-corrected chi connectivity index (χ4v) is 5.35. The summed E-state index contributed by atoms with van der Waals surface area (Å²) in [7, 11) is -3.25. The van der Waals surface area contributed by atoms with E-state index in [4.69, 9.17) is 0 Å². The predicted octanol–water partition coefficient (Wildman–Crippen LogP) is 3.87. The molecule has 5 nitrogen and oxygen atoms in total. The Labute approximate surface area is 165 Å². The number of nitriles is 1. The third-order valence-electron chi connectivity index (χ3n) is 5.28. The van der Waals surface area contributed by atoms with Gasteiger partial charge in [-0.1, -0.05) is 30.3 Å². The van der Waals surface area contributed by atoms with Crippen molar-refractivity contribution in [2.24, 2.45) is 0 Å². The van der Waals surface area contributed by atoms with Crippen LogP contribution in [0.5, 0.6) is 0 Å². The average molecular weight is 391 g/mol. The Hall–Kier alpha value is -2.91. The van der Waals surface area contributed by atoms with Crippen LogP contribution in [-0.4, -0.2) is 25.2 Å². The molecule has 0 bridgehead atoms. The number of fused-ring (bicyclic) bond motifs is 3. The lowest BCUT2D eigenvalue weighted by molar-refractivity contribution is 0.600. The van der Waals surface area contributed by atoms with E-state index in [0.29, 0.717) is 28.1 Å². The van der Waals surface area contributed by atoms with Crippen molar-refractivity contribution in [3.8, 4) is 6.07 Å². The number of nitrogens with zero attached hydrogens (tertiary/aromatic N) is 2. The van der Waals surface area contributed by atoms with Crippen molar-refractivity contribution < 1.29 is 8.42 Å². The Morgan fingerprint density at radius 3 is 2.75 bits per heavy atom. The van der Waals surface area contributed by atoms with E-state index < -0.39 is 9.84 Å². The Bertz CT molecular complexity index is 1180. The van der Waals surface area contributed by atoms with E-state index in [2.05, 4.69) is 35.4 Å². The van der Waals surface area contributed by atoms with Gasteiger partial charge in [0.25, 0.3) is 0 Å². The summed E-state index contributed by atoms with van der Waals surface area (Å²) in [5.74, 6) is 0.112. The molecule has 1 aliphatic heterocycles. The number of sulfone groups is 1. The Morgan fingerprint density at radius 1 is 1.21 bits per heavy atom. The van der Waals surface area contributed by atoms with E-state index in [1.165, 1.54) is 5.56 Å². The van der Waals surface area contributed by atoms with Crippen LogP contribution >= 0.6 is 0 Å². The molecule has 0 radical (unpaired) electrons. The SMILES string of the molecule is CC(CCc1ccccc1)Nc1c(C#N)cnc2ccc3c(c12)CCS3(=O)=O. The molecule has 1 unspecified atom stereocenters. The molecule has 1 atom stereocenters. The molecule has 28 heavy (non-hydrogen) atoms. The van der Waals surface area contributed by atoms with Crippen molar-refractivity contribution in [1.82, 2.24) is 4.98 Å². The number of nitrogens with one attached hydrogen (secondary N) is 1. The zero-order chi connectivity index (χ0) is 19.7. The highest BCUT2D eigenvalue weighted by Crippen LogP contribution is 2.37. The number of hydrogen-bond acceptors (Lipinski definition) is 5. The summed E-state index contributed by atoms with van der Waals surface area (Å²) in [4.78, 5) is 4.75. The fraction of sp³-hybridized carbons (Fsp3) is 0.273. The number of anilines is 1. The van der Waals surface area contributed by atoms with Gasteiger partial charge in [0.05, 0.1) is 27.4 Å². The van der Waals surface area contributed by atoms with Crippen molar-refractivity contribution in [1.29, 1.82) is 5.26 Å². The van der Waals surface area contributed by atoms with E-state index in [0.717, 1.165) is 23.8 Å². The summed E-state index contributed by atoms with van der Waals surface area (Å²) in [6, 6.07) is 16.0. The number of aryl methyl sites for hydroxylation is 2. The summed E-state index contributed by atoms with van der Waals surface area (Å²) >= 11 is 0. The second-order valence-electron chi connectivity index (χ2n) is 7.23. The number of hydrogen-bond donors (Lipinski definition) is 1. The van der Waals surface area contributed by atoms with Gasteiger partial charge in [-0.25, -0.2) is 8.42 Å². The molecule has 6 heteroatoms. The van der Waals surface area contributed by atoms with Crippen molar-refractivity contribution >= 4 is 26.4 Å². The van der Waals surface area contributed by atoms with E-state index in [9.17, 15) is 13.7 Å². The first-order valence-electron chi connectivity index (χ1n) is 9.37. The first kappa shape index (κ1) is 18.5. The quantitative estimate of drug-likeness (QED) is 0.714. The van der Waals surface area contributed by atoms with Gasteiger partial charge < -0.3 is 5.32 Å². The predicted molar refractivity (Wildman–Crippen MR) is 110 cm³/mol. The van der Waals surface area contributed by atoms with Gasteiger partial charge in [0, 0.05) is 17.6 Å². The molecule has 1 N–H and O–H groups in total. The molecular weight excluding hydrogens is 370 g/mol. The Kier molecular flexibility index (Phi) is 4.78. The molecule has 2 aromatic carbocycles. The molecule has 1 aromatic heterocycles. The molecule has 0 fully saturated rings. The molecule has 4 rings (SSSR count). The van der Waals surface area contributed by atoms with Crippen LogP contribution in [0.3, 0.4) is 0 Å². The first-order valence-corrected chi connectivity index (χ1v) is 11.0. The summed E-state index contributed by atoms with van der Waals surface area (Å²) in [5, 5.41) is 13.8. The Balaban J connectivity index is 1.71. The largest absolute Gasteiger partial charge is 0.381 e. The number of pyridine rings is 1. The highest BCUT2D eigenvalue weighted by Gasteiger charge is 2.29. The van der Waals surface area contributed by atoms with E-state index >= 15 is 0 Å². The number of aromatic nitrogens is 1. The van der Waals surface area contributed by atoms with Gasteiger partial charge in [-0.15, -0.1) is 0 Å². The van der Waals surface area contributed by atoms with Crippen molar-refractivity contribution in [2.45, 2.75) is 37.1 Å². The van der Waals surface area contributed by atoms with Gasteiger partial charge in [-0.3, -0.25) is 4.98 Å². The second kappa shape index (κ2) is 7.25. The Morgan fingerprint density at radius 2 is 2.00 bits per heavy atom. The van der Waals surface area contributed by atoms with Crippen LogP contribution in [0.1, 0.15) is 30.0 Å². The standard InChI is InChI=1S/C22H21N3O2S/c1-15(7-8-16-5-3-2-4-6-16)25-22-17(13-23)14-24-19-9-10-20-18(21(19)22)11-12-28(20,26)27/h2-6,9-10,14-15H,7-8,11-12H2,1H3,(H,24,25). The number of rotatable bonds is 5. The van der Waals surface area contributed by atoms with Crippen LogP contribution in [0.2, 0.25) is 0 Å². The fourth-order valence-electron chi connectivity index (χ4n) is 3.80.